The molecule has 0 saturated carbocycles. The van der Waals surface area contributed by atoms with Crippen LogP contribution >= 0.6 is 12.2 Å². The Labute approximate surface area is 124 Å². The first-order valence-electron chi connectivity index (χ1n) is 6.25. The van der Waals surface area contributed by atoms with Crippen LogP contribution < -0.4 is 17.0 Å². The van der Waals surface area contributed by atoms with E-state index in [4.69, 9.17) is 5.73 Å². The van der Waals surface area contributed by atoms with Gasteiger partial charge in [0.25, 0.3) is 0 Å². The zero-order valence-electron chi connectivity index (χ0n) is 11.1. The van der Waals surface area contributed by atoms with Gasteiger partial charge in [-0.3, -0.25) is 0 Å². The smallest absolute Gasteiger partial charge is 0.177 e. The molecular weight excluding hydrogens is 266 g/mol. The summed E-state index contributed by atoms with van der Waals surface area (Å²) in [6.07, 6.45) is 1.03. The summed E-state index contributed by atoms with van der Waals surface area (Å²) in [5.41, 5.74) is 13.4. The molecule has 0 fully saturated rings. The van der Waals surface area contributed by atoms with Gasteiger partial charge in [0.2, 0.25) is 0 Å². The lowest BCUT2D eigenvalue weighted by Crippen LogP contribution is -2.34. The van der Waals surface area contributed by atoms with Crippen molar-refractivity contribution in [3.8, 4) is 0 Å². The molecule has 3 nitrogen and oxygen atoms in total. The highest BCUT2D eigenvalue weighted by atomic mass is 32.1. The first-order chi connectivity index (χ1) is 9.63. The minimum atomic E-state index is 0.116. The summed E-state index contributed by atoms with van der Waals surface area (Å²) in [6, 6.07) is 17.1. The topological polar surface area (TPSA) is 64.1 Å². The van der Waals surface area contributed by atoms with Gasteiger partial charge in [-0.1, -0.05) is 55.1 Å². The Kier molecular flexibility index (Phi) is 4.50. The summed E-state index contributed by atoms with van der Waals surface area (Å²) in [4.78, 5) is 0. The number of hydrogen-bond donors (Lipinski definition) is 3. The van der Waals surface area contributed by atoms with Gasteiger partial charge in [-0.15, -0.1) is 0 Å². The number of hydrogen-bond acceptors (Lipinski definition) is 2. The molecule has 0 unspecified atom stereocenters. The van der Waals surface area contributed by atoms with Crippen LogP contribution in [0.25, 0.3) is 5.57 Å². The molecule has 4 heteroatoms. The molecule has 3 rings (SSSR count). The zero-order valence-corrected chi connectivity index (χ0v) is 11.9. The third-order valence-corrected chi connectivity index (χ3v) is 3.33. The molecule has 0 spiro atoms. The normalized spacial score (nSPS) is 11.6. The van der Waals surface area contributed by atoms with Gasteiger partial charge in [0.05, 0.1) is 0 Å². The van der Waals surface area contributed by atoms with E-state index in [-0.39, 0.29) is 5.11 Å². The molecule has 5 N–H and O–H groups in total. The molecule has 2 aromatic rings. The van der Waals surface area contributed by atoms with Gasteiger partial charge in [-0.05, 0) is 46.5 Å². The van der Waals surface area contributed by atoms with Crippen molar-refractivity contribution in [2.45, 2.75) is 6.42 Å². The summed E-state index contributed by atoms with van der Waals surface area (Å²) in [5, 5.41) is 0.116. The van der Waals surface area contributed by atoms with Crippen molar-refractivity contribution in [2.75, 3.05) is 0 Å². The van der Waals surface area contributed by atoms with E-state index in [9.17, 15) is 0 Å². The Morgan fingerprint density at radius 1 is 1.00 bits per heavy atom. The number of benzene rings is 2. The van der Waals surface area contributed by atoms with Crippen molar-refractivity contribution in [3.05, 3.63) is 77.4 Å². The molecule has 0 atom stereocenters. The van der Waals surface area contributed by atoms with Crippen molar-refractivity contribution in [1.29, 1.82) is 0 Å². The van der Waals surface area contributed by atoms with Gasteiger partial charge in [-0.25, -0.2) is 5.84 Å². The summed E-state index contributed by atoms with van der Waals surface area (Å²) in [7, 11) is 0. The van der Waals surface area contributed by atoms with E-state index >= 15 is 0 Å². The summed E-state index contributed by atoms with van der Waals surface area (Å²) < 4.78 is 0. The third kappa shape index (κ3) is 3.04. The number of rotatable bonds is 0. The Balaban J connectivity index is 0.000000257. The van der Waals surface area contributed by atoms with Crippen LogP contribution in [0, 0.1) is 0 Å². The average Bonchev–Trinajstić information content (AvgIpc) is 2.48. The van der Waals surface area contributed by atoms with E-state index in [1.807, 2.05) is 5.43 Å². The molecule has 1 aliphatic carbocycles. The van der Waals surface area contributed by atoms with Crippen molar-refractivity contribution in [1.82, 2.24) is 5.43 Å². The maximum absolute atomic E-state index is 4.79. The fourth-order valence-electron chi connectivity index (χ4n) is 2.29. The van der Waals surface area contributed by atoms with Crippen LogP contribution in [0.5, 0.6) is 0 Å². The van der Waals surface area contributed by atoms with Crippen molar-refractivity contribution < 1.29 is 0 Å². The van der Waals surface area contributed by atoms with Gasteiger partial charge >= 0.3 is 0 Å². The van der Waals surface area contributed by atoms with Crippen LogP contribution in [-0.4, -0.2) is 5.11 Å². The molecule has 0 saturated heterocycles. The number of fused-ring (bicyclic) bond motifs is 2. The summed E-state index contributed by atoms with van der Waals surface area (Å²) >= 11 is 4.24. The first kappa shape index (κ1) is 14.2. The van der Waals surface area contributed by atoms with E-state index in [1.54, 1.807) is 0 Å². The zero-order chi connectivity index (χ0) is 14.5. The SMILES string of the molecule is C=C1c2ccccc2Cc2ccccc21.NNC(N)=S. The molecule has 2 aromatic carbocycles. The molecule has 0 radical (unpaired) electrons. The Morgan fingerprint density at radius 3 is 1.80 bits per heavy atom. The van der Waals surface area contributed by atoms with Crippen LogP contribution in [0.2, 0.25) is 0 Å². The lowest BCUT2D eigenvalue weighted by Gasteiger charge is -2.21. The average molecular weight is 283 g/mol. The largest absolute Gasteiger partial charge is 0.375 e. The molecule has 20 heavy (non-hydrogen) atoms. The summed E-state index contributed by atoms with van der Waals surface area (Å²) in [5.74, 6) is 4.66. The van der Waals surface area contributed by atoms with Gasteiger partial charge < -0.3 is 11.2 Å². The second-order valence-corrected chi connectivity index (χ2v) is 4.92. The van der Waals surface area contributed by atoms with E-state index in [2.05, 4.69) is 73.2 Å². The minimum Gasteiger partial charge on any atom is -0.375 e. The van der Waals surface area contributed by atoms with E-state index < -0.39 is 0 Å². The van der Waals surface area contributed by atoms with Gasteiger partial charge in [0.15, 0.2) is 5.11 Å². The minimum absolute atomic E-state index is 0.116. The van der Waals surface area contributed by atoms with Crippen LogP contribution in [0.15, 0.2) is 55.1 Å². The number of nitrogens with one attached hydrogen (secondary N) is 1. The lowest BCUT2D eigenvalue weighted by atomic mass is 9.83. The van der Waals surface area contributed by atoms with Gasteiger partial charge in [-0.2, -0.15) is 0 Å². The molecule has 0 aliphatic heterocycles. The number of thiocarbonyl (C=S) groups is 1. The number of hydrazine groups is 1. The Morgan fingerprint density at radius 2 is 1.40 bits per heavy atom. The lowest BCUT2D eigenvalue weighted by molar-refractivity contribution is 1.03. The molecule has 0 aromatic heterocycles. The molecule has 0 bridgehead atoms. The molecule has 0 amide bonds. The highest BCUT2D eigenvalue weighted by Gasteiger charge is 2.16. The van der Waals surface area contributed by atoms with Crippen molar-refractivity contribution in [2.24, 2.45) is 11.6 Å². The highest BCUT2D eigenvalue weighted by Crippen LogP contribution is 2.33. The quantitative estimate of drug-likeness (QED) is 0.337. The fourth-order valence-corrected chi connectivity index (χ4v) is 2.29. The maximum Gasteiger partial charge on any atom is 0.177 e. The molecule has 102 valence electrons. The first-order valence-corrected chi connectivity index (χ1v) is 6.66. The van der Waals surface area contributed by atoms with Crippen molar-refractivity contribution >= 4 is 22.9 Å². The second kappa shape index (κ2) is 6.32. The molecule has 0 heterocycles. The van der Waals surface area contributed by atoms with E-state index in [1.165, 1.54) is 22.3 Å². The predicted octanol–water partition coefficient (Wildman–Crippen LogP) is 2.35. The van der Waals surface area contributed by atoms with Crippen molar-refractivity contribution in [3.63, 3.8) is 0 Å². The van der Waals surface area contributed by atoms with Crippen LogP contribution in [0.3, 0.4) is 0 Å². The standard InChI is InChI=1S/C15H12.CH5N3S/c1-11-14-8-4-2-6-12(14)10-13-7-3-5-9-15(11)13;2-1(5)4-3/h2-9H,1,10H2;3H2,(H3,2,4,5). The Hall–Kier alpha value is -2.17. The third-order valence-electron chi connectivity index (χ3n) is 3.21. The van der Waals surface area contributed by atoms with E-state index in [0.717, 1.165) is 12.0 Å². The number of nitrogens with two attached hydrogens (primary N) is 2. The molecular formula is C16H17N3S. The molecule has 1 aliphatic rings. The Bertz CT molecular complexity index is 602. The van der Waals surface area contributed by atoms with Crippen LogP contribution in [-0.2, 0) is 6.42 Å². The second-order valence-electron chi connectivity index (χ2n) is 4.48. The fraction of sp³-hybridized carbons (Fsp3) is 0.0625. The monoisotopic (exact) mass is 283 g/mol. The van der Waals surface area contributed by atoms with E-state index in [0.29, 0.717) is 0 Å². The van der Waals surface area contributed by atoms with Crippen LogP contribution in [0.4, 0.5) is 0 Å². The maximum atomic E-state index is 4.79. The van der Waals surface area contributed by atoms with Crippen LogP contribution in [0.1, 0.15) is 22.3 Å². The summed E-state index contributed by atoms with van der Waals surface area (Å²) in [6.45, 7) is 4.20. The van der Waals surface area contributed by atoms with Gasteiger partial charge in [0.1, 0.15) is 0 Å². The highest BCUT2D eigenvalue weighted by molar-refractivity contribution is 7.80. The predicted molar refractivity (Wildman–Crippen MR) is 87.9 cm³/mol. The van der Waals surface area contributed by atoms with Gasteiger partial charge in [0, 0.05) is 0 Å².